The van der Waals surface area contributed by atoms with Gasteiger partial charge in [0, 0.05) is 33.7 Å². The molecule has 1 fully saturated rings. The van der Waals surface area contributed by atoms with E-state index in [4.69, 9.17) is 14.5 Å². The maximum absolute atomic E-state index is 13.7. The minimum absolute atomic E-state index is 0.0150. The fourth-order valence-electron chi connectivity index (χ4n) is 5.47. The van der Waals surface area contributed by atoms with Crippen LogP contribution in [0.15, 0.2) is 54.7 Å². The monoisotopic (exact) mass is 541 g/mol. The van der Waals surface area contributed by atoms with E-state index in [1.165, 1.54) is 12.1 Å². The summed E-state index contributed by atoms with van der Waals surface area (Å²) in [5.41, 5.74) is 3.05. The molecule has 1 atom stereocenters. The molecule has 2 aromatic heterocycles. The number of carbonyl (C=O) groups excluding carboxylic acids is 1. The van der Waals surface area contributed by atoms with Gasteiger partial charge in [-0.15, -0.1) is 0 Å². The Kier molecular flexibility index (Phi) is 6.26. The van der Waals surface area contributed by atoms with Gasteiger partial charge in [0.2, 0.25) is 0 Å². The zero-order valence-electron chi connectivity index (χ0n) is 23.0. The minimum atomic E-state index is -1.39. The fourth-order valence-corrected chi connectivity index (χ4v) is 5.47. The molecule has 40 heavy (non-hydrogen) atoms. The minimum Gasteiger partial charge on any atom is -0.494 e. The number of amides is 1. The Morgan fingerprint density at radius 1 is 1.20 bits per heavy atom. The molecule has 4 aromatic rings. The number of hydrogen-bond donors (Lipinski definition) is 2. The topological polar surface area (TPSA) is 93.6 Å². The Morgan fingerprint density at radius 3 is 2.65 bits per heavy atom. The number of ether oxygens (including phenoxy) is 2. The van der Waals surface area contributed by atoms with E-state index >= 15 is 0 Å². The van der Waals surface area contributed by atoms with Gasteiger partial charge in [0.05, 0.1) is 26.0 Å². The smallest absolute Gasteiger partial charge is 0.251 e. The van der Waals surface area contributed by atoms with E-state index in [0.717, 1.165) is 29.4 Å². The van der Waals surface area contributed by atoms with Crippen LogP contribution in [0.25, 0.3) is 22.2 Å². The summed E-state index contributed by atoms with van der Waals surface area (Å²) in [4.78, 5) is 22.7. The first-order valence-corrected chi connectivity index (χ1v) is 13.5. The number of hydrogen-bond acceptors (Lipinski definition) is 6. The molecule has 1 amide bonds. The Balaban J connectivity index is 1.36. The predicted octanol–water partition coefficient (Wildman–Crippen LogP) is 5.45. The van der Waals surface area contributed by atoms with Crippen LogP contribution in [0.2, 0.25) is 0 Å². The van der Waals surface area contributed by atoms with Gasteiger partial charge in [-0.3, -0.25) is 9.78 Å². The molecular formula is C32H32FN3O4. The van der Waals surface area contributed by atoms with Crippen LogP contribution in [0.3, 0.4) is 0 Å². The molecule has 2 aliphatic rings. The van der Waals surface area contributed by atoms with Crippen LogP contribution in [0, 0.1) is 18.7 Å². The third kappa shape index (κ3) is 4.56. The van der Waals surface area contributed by atoms with Gasteiger partial charge < -0.3 is 19.9 Å². The summed E-state index contributed by atoms with van der Waals surface area (Å²) >= 11 is 0. The number of methoxy groups -OCH3 is 1. The molecule has 1 saturated carbocycles. The van der Waals surface area contributed by atoms with Crippen molar-refractivity contribution in [3.63, 3.8) is 0 Å². The number of nitrogens with one attached hydrogen (secondary N) is 1. The van der Waals surface area contributed by atoms with Gasteiger partial charge in [-0.05, 0) is 79.8 Å². The average molecular weight is 542 g/mol. The SMILES string of the molecule is COc1cc(C(=O)NC[C@](O)(c2cc3c(c(-c4ccc(F)cc4)n2)OCC3(C)C)C2CC2)cc2cc(C)cnc12. The van der Waals surface area contributed by atoms with Crippen LogP contribution >= 0.6 is 0 Å². The second-order valence-electron chi connectivity index (χ2n) is 11.6. The van der Waals surface area contributed by atoms with Gasteiger partial charge in [-0.25, -0.2) is 9.37 Å². The van der Waals surface area contributed by atoms with Gasteiger partial charge in [-0.1, -0.05) is 13.8 Å². The molecule has 1 aliphatic carbocycles. The van der Waals surface area contributed by atoms with Crippen molar-refractivity contribution in [3.05, 3.63) is 82.9 Å². The van der Waals surface area contributed by atoms with Crippen molar-refractivity contribution >= 4 is 16.8 Å². The highest BCUT2D eigenvalue weighted by Crippen LogP contribution is 2.49. The molecule has 0 spiro atoms. The summed E-state index contributed by atoms with van der Waals surface area (Å²) in [7, 11) is 1.55. The number of carbonyl (C=O) groups is 1. The van der Waals surface area contributed by atoms with E-state index in [1.807, 2.05) is 19.1 Å². The molecule has 8 heteroatoms. The van der Waals surface area contributed by atoms with E-state index in [0.29, 0.717) is 46.1 Å². The summed E-state index contributed by atoms with van der Waals surface area (Å²) in [6, 6.07) is 13.4. The summed E-state index contributed by atoms with van der Waals surface area (Å²) < 4.78 is 25.3. The van der Waals surface area contributed by atoms with E-state index in [2.05, 4.69) is 24.1 Å². The lowest BCUT2D eigenvalue weighted by Crippen LogP contribution is -2.43. The first-order valence-electron chi connectivity index (χ1n) is 13.5. The van der Waals surface area contributed by atoms with Crippen molar-refractivity contribution in [1.29, 1.82) is 0 Å². The highest BCUT2D eigenvalue weighted by atomic mass is 19.1. The van der Waals surface area contributed by atoms with E-state index in [-0.39, 0.29) is 29.6 Å². The third-order valence-electron chi connectivity index (χ3n) is 7.98. The van der Waals surface area contributed by atoms with Crippen molar-refractivity contribution < 1.29 is 23.8 Å². The number of benzene rings is 2. The molecule has 1 aliphatic heterocycles. The molecular weight excluding hydrogens is 509 g/mol. The standard InChI is InChI=1S/C32H32FN3O4/c1-18-11-20-12-21(13-25(39-4)27(20)34-15-18)30(37)35-16-32(38,22-7-8-22)26-14-24-29(40-17-31(24,2)3)28(36-26)19-5-9-23(33)10-6-19/h5-6,9-15,22,38H,7-8,16-17H2,1-4H3,(H,35,37)/t32-/m1/s1. The number of pyridine rings is 2. The van der Waals surface area contributed by atoms with Gasteiger partial charge in [0.1, 0.15) is 34.1 Å². The number of aliphatic hydroxyl groups is 1. The zero-order chi connectivity index (χ0) is 28.2. The van der Waals surface area contributed by atoms with Gasteiger partial charge in [0.25, 0.3) is 5.91 Å². The molecule has 0 unspecified atom stereocenters. The quantitative estimate of drug-likeness (QED) is 0.323. The summed E-state index contributed by atoms with van der Waals surface area (Å²) in [5, 5.41) is 15.9. The number of halogens is 1. The van der Waals surface area contributed by atoms with E-state index in [1.54, 1.807) is 37.6 Å². The fraction of sp³-hybridized carbons (Fsp3) is 0.344. The molecule has 0 bridgehead atoms. The van der Waals surface area contributed by atoms with E-state index < -0.39 is 5.60 Å². The van der Waals surface area contributed by atoms with Crippen LogP contribution in [0.5, 0.6) is 11.5 Å². The van der Waals surface area contributed by atoms with Crippen LogP contribution in [-0.4, -0.2) is 41.2 Å². The highest BCUT2D eigenvalue weighted by Gasteiger charge is 2.48. The second kappa shape index (κ2) is 9.55. The van der Waals surface area contributed by atoms with Gasteiger partial charge in [-0.2, -0.15) is 0 Å². The Morgan fingerprint density at radius 2 is 1.95 bits per heavy atom. The Labute approximate surface area is 232 Å². The van der Waals surface area contributed by atoms with Crippen molar-refractivity contribution in [2.75, 3.05) is 20.3 Å². The van der Waals surface area contributed by atoms with Crippen LogP contribution in [0.4, 0.5) is 4.39 Å². The number of fused-ring (bicyclic) bond motifs is 2. The normalized spacial score (nSPS) is 17.1. The lowest BCUT2D eigenvalue weighted by molar-refractivity contribution is 0.00947. The molecule has 206 valence electrons. The predicted molar refractivity (Wildman–Crippen MR) is 150 cm³/mol. The third-order valence-corrected chi connectivity index (χ3v) is 7.98. The van der Waals surface area contributed by atoms with Crippen LogP contribution < -0.4 is 14.8 Å². The Bertz CT molecular complexity index is 1630. The number of aryl methyl sites for hydroxylation is 1. The number of rotatable bonds is 7. The van der Waals surface area contributed by atoms with Gasteiger partial charge >= 0.3 is 0 Å². The first kappa shape index (κ1) is 26.2. The largest absolute Gasteiger partial charge is 0.494 e. The van der Waals surface area contributed by atoms with Crippen molar-refractivity contribution in [1.82, 2.24) is 15.3 Å². The zero-order valence-corrected chi connectivity index (χ0v) is 23.0. The van der Waals surface area contributed by atoms with Crippen molar-refractivity contribution in [3.8, 4) is 22.8 Å². The van der Waals surface area contributed by atoms with Crippen molar-refractivity contribution in [2.24, 2.45) is 5.92 Å². The summed E-state index contributed by atoms with van der Waals surface area (Å²) in [5.74, 6) is 0.430. The van der Waals surface area contributed by atoms with E-state index in [9.17, 15) is 14.3 Å². The summed E-state index contributed by atoms with van der Waals surface area (Å²) in [6.07, 6.45) is 3.41. The van der Waals surface area contributed by atoms with Crippen LogP contribution in [-0.2, 0) is 11.0 Å². The maximum atomic E-state index is 13.7. The molecule has 3 heterocycles. The molecule has 7 nitrogen and oxygen atoms in total. The lowest BCUT2D eigenvalue weighted by atomic mass is 9.83. The molecule has 0 radical (unpaired) electrons. The maximum Gasteiger partial charge on any atom is 0.251 e. The lowest BCUT2D eigenvalue weighted by Gasteiger charge is -2.30. The number of aromatic nitrogens is 2. The highest BCUT2D eigenvalue weighted by molar-refractivity contribution is 6.00. The first-order chi connectivity index (χ1) is 19.1. The average Bonchev–Trinajstić information content (AvgIpc) is 3.75. The molecule has 2 aromatic carbocycles. The molecule has 0 saturated heterocycles. The second-order valence-corrected chi connectivity index (χ2v) is 11.6. The summed E-state index contributed by atoms with van der Waals surface area (Å²) in [6.45, 7) is 6.56. The van der Waals surface area contributed by atoms with Crippen molar-refractivity contribution in [2.45, 2.75) is 44.6 Å². The van der Waals surface area contributed by atoms with Crippen LogP contribution in [0.1, 0.15) is 53.9 Å². The Hall–Kier alpha value is -4.04. The van der Waals surface area contributed by atoms with Gasteiger partial charge in [0.15, 0.2) is 0 Å². The molecule has 2 N–H and O–H groups in total. The molecule has 6 rings (SSSR count). The number of nitrogens with zero attached hydrogens (tertiary/aromatic N) is 2.